The number of rotatable bonds is 6. The van der Waals surface area contributed by atoms with E-state index >= 15 is 0 Å². The van der Waals surface area contributed by atoms with Crippen molar-refractivity contribution in [1.29, 1.82) is 0 Å². The summed E-state index contributed by atoms with van der Waals surface area (Å²) in [4.78, 5) is 4.42. The minimum absolute atomic E-state index is 0. The lowest BCUT2D eigenvalue weighted by Crippen LogP contribution is -2.39. The largest absolute Gasteiger partial charge is 0.383 e. The third-order valence-electron chi connectivity index (χ3n) is 1.56. The molecule has 0 aliphatic carbocycles. The molecular weight excluding hydrogens is 305 g/mol. The molecule has 0 aliphatic rings. The molecule has 2 N–H and O–H groups in total. The van der Waals surface area contributed by atoms with Crippen LogP contribution in [0.5, 0.6) is 0 Å². The van der Waals surface area contributed by atoms with Gasteiger partial charge >= 0.3 is 0 Å². The summed E-state index contributed by atoms with van der Waals surface area (Å²) < 4.78 is 4.95. The number of halogens is 1. The van der Waals surface area contributed by atoms with Gasteiger partial charge in [-0.15, -0.1) is 24.0 Å². The number of guanidine groups is 1. The maximum atomic E-state index is 4.95. The molecule has 0 unspecified atom stereocenters. The van der Waals surface area contributed by atoms with Crippen molar-refractivity contribution in [2.75, 3.05) is 33.4 Å². The third-order valence-corrected chi connectivity index (χ3v) is 1.56. The van der Waals surface area contributed by atoms with Crippen molar-refractivity contribution in [2.45, 2.75) is 20.8 Å². The van der Waals surface area contributed by atoms with Crippen molar-refractivity contribution in [3.63, 3.8) is 0 Å². The van der Waals surface area contributed by atoms with E-state index in [1.54, 1.807) is 7.11 Å². The minimum Gasteiger partial charge on any atom is -0.383 e. The molecule has 0 amide bonds. The van der Waals surface area contributed by atoms with E-state index < -0.39 is 0 Å². The van der Waals surface area contributed by atoms with Gasteiger partial charge in [0.2, 0.25) is 0 Å². The highest BCUT2D eigenvalue weighted by atomic mass is 127. The Bertz CT molecular complexity index is 163. The second kappa shape index (κ2) is 12.0. The van der Waals surface area contributed by atoms with Gasteiger partial charge in [-0.3, -0.25) is 4.99 Å². The van der Waals surface area contributed by atoms with E-state index in [1.807, 2.05) is 0 Å². The topological polar surface area (TPSA) is 45.7 Å². The lowest BCUT2D eigenvalue weighted by Gasteiger charge is -2.11. The standard InChI is InChI=1S/C10H23N3O.HI/c1-5-11-10(12-6-7-14-4)13-8-9(2)3;/h9H,5-8H2,1-4H3,(H2,11,12,13);1H. The Morgan fingerprint density at radius 2 is 2.00 bits per heavy atom. The summed E-state index contributed by atoms with van der Waals surface area (Å²) in [6.45, 7) is 9.60. The van der Waals surface area contributed by atoms with Gasteiger partial charge in [-0.05, 0) is 12.8 Å². The second-order valence-electron chi connectivity index (χ2n) is 3.53. The molecule has 0 aliphatic heterocycles. The fourth-order valence-electron chi connectivity index (χ4n) is 0.887. The predicted molar refractivity (Wildman–Crippen MR) is 76.1 cm³/mol. The molecule has 92 valence electrons. The van der Waals surface area contributed by atoms with Crippen LogP contribution < -0.4 is 10.6 Å². The summed E-state index contributed by atoms with van der Waals surface area (Å²) in [5, 5.41) is 6.37. The average Bonchev–Trinajstić information content (AvgIpc) is 2.14. The van der Waals surface area contributed by atoms with Crippen LogP contribution in [0.4, 0.5) is 0 Å². The first-order valence-electron chi connectivity index (χ1n) is 5.21. The zero-order valence-corrected chi connectivity index (χ0v) is 12.5. The molecule has 0 bridgehead atoms. The summed E-state index contributed by atoms with van der Waals surface area (Å²) in [5.74, 6) is 1.46. The van der Waals surface area contributed by atoms with Crippen LogP contribution >= 0.6 is 24.0 Å². The summed E-state index contributed by atoms with van der Waals surface area (Å²) in [7, 11) is 1.69. The van der Waals surface area contributed by atoms with Crippen LogP contribution in [0.15, 0.2) is 4.99 Å². The Balaban J connectivity index is 0. The van der Waals surface area contributed by atoms with Gasteiger partial charge in [0.1, 0.15) is 0 Å². The van der Waals surface area contributed by atoms with E-state index in [2.05, 4.69) is 36.4 Å². The molecule has 0 heterocycles. The third kappa shape index (κ3) is 11.9. The Morgan fingerprint density at radius 1 is 1.33 bits per heavy atom. The highest BCUT2D eigenvalue weighted by Crippen LogP contribution is 1.90. The molecule has 4 nitrogen and oxygen atoms in total. The van der Waals surface area contributed by atoms with Crippen LogP contribution in [0.2, 0.25) is 0 Å². The van der Waals surface area contributed by atoms with E-state index in [0.29, 0.717) is 12.5 Å². The van der Waals surface area contributed by atoms with Gasteiger partial charge in [-0.25, -0.2) is 0 Å². The molecule has 0 radical (unpaired) electrons. The Morgan fingerprint density at radius 3 is 2.47 bits per heavy atom. The smallest absolute Gasteiger partial charge is 0.191 e. The second-order valence-corrected chi connectivity index (χ2v) is 3.53. The van der Waals surface area contributed by atoms with Crippen molar-refractivity contribution in [3.05, 3.63) is 0 Å². The average molecular weight is 329 g/mol. The molecule has 0 saturated carbocycles. The molecule has 0 atom stereocenters. The van der Waals surface area contributed by atoms with E-state index in [4.69, 9.17) is 4.74 Å². The highest BCUT2D eigenvalue weighted by Gasteiger charge is 1.96. The maximum Gasteiger partial charge on any atom is 0.191 e. The van der Waals surface area contributed by atoms with Crippen molar-refractivity contribution in [3.8, 4) is 0 Å². The quantitative estimate of drug-likeness (QED) is 0.336. The molecule has 5 heteroatoms. The van der Waals surface area contributed by atoms with Gasteiger partial charge in [-0.1, -0.05) is 13.8 Å². The van der Waals surface area contributed by atoms with Crippen LogP contribution in [0.25, 0.3) is 0 Å². The van der Waals surface area contributed by atoms with Gasteiger partial charge in [0.05, 0.1) is 6.61 Å². The molecule has 0 spiro atoms. The van der Waals surface area contributed by atoms with Crippen LogP contribution in [0, 0.1) is 5.92 Å². The first-order valence-corrected chi connectivity index (χ1v) is 5.21. The number of hydrogen-bond donors (Lipinski definition) is 2. The van der Waals surface area contributed by atoms with Crippen molar-refractivity contribution in [2.24, 2.45) is 10.9 Å². The molecule has 0 aromatic carbocycles. The van der Waals surface area contributed by atoms with Crippen LogP contribution in [0.1, 0.15) is 20.8 Å². The Hall–Kier alpha value is -0.0400. The molecule has 0 rings (SSSR count). The van der Waals surface area contributed by atoms with Gasteiger partial charge in [-0.2, -0.15) is 0 Å². The SMILES string of the molecule is CCNC(=NCC(C)C)NCCOC.I. The van der Waals surface area contributed by atoms with Gasteiger partial charge < -0.3 is 15.4 Å². The van der Waals surface area contributed by atoms with Gasteiger partial charge in [0.15, 0.2) is 5.96 Å². The minimum atomic E-state index is 0. The van der Waals surface area contributed by atoms with Crippen molar-refractivity contribution in [1.82, 2.24) is 10.6 Å². The molecule has 0 fully saturated rings. The normalized spacial score (nSPS) is 11.1. The van der Waals surface area contributed by atoms with E-state index in [9.17, 15) is 0 Å². The number of nitrogens with zero attached hydrogens (tertiary/aromatic N) is 1. The first kappa shape index (κ1) is 17.4. The number of aliphatic imine (C=N–C) groups is 1. The van der Waals surface area contributed by atoms with Crippen molar-refractivity contribution >= 4 is 29.9 Å². The molecular formula is C10H24IN3O. The van der Waals surface area contributed by atoms with Gasteiger partial charge in [0.25, 0.3) is 0 Å². The summed E-state index contributed by atoms with van der Waals surface area (Å²) in [6.07, 6.45) is 0. The number of methoxy groups -OCH3 is 1. The summed E-state index contributed by atoms with van der Waals surface area (Å²) in [5.41, 5.74) is 0. The van der Waals surface area contributed by atoms with E-state index in [1.165, 1.54) is 0 Å². The predicted octanol–water partition coefficient (Wildman–Crippen LogP) is 1.46. The number of nitrogens with one attached hydrogen (secondary N) is 2. The van der Waals surface area contributed by atoms with E-state index in [-0.39, 0.29) is 24.0 Å². The zero-order chi connectivity index (χ0) is 10.8. The van der Waals surface area contributed by atoms with Crippen molar-refractivity contribution < 1.29 is 4.74 Å². The maximum absolute atomic E-state index is 4.95. The monoisotopic (exact) mass is 329 g/mol. The first-order chi connectivity index (χ1) is 6.70. The molecule has 15 heavy (non-hydrogen) atoms. The van der Waals surface area contributed by atoms with Crippen LogP contribution in [-0.2, 0) is 4.74 Å². The van der Waals surface area contributed by atoms with Gasteiger partial charge in [0, 0.05) is 26.7 Å². The molecule has 0 aromatic heterocycles. The Kier molecular flexibility index (Phi) is 13.9. The summed E-state index contributed by atoms with van der Waals surface area (Å²) in [6, 6.07) is 0. The van der Waals surface area contributed by atoms with Crippen LogP contribution in [0.3, 0.4) is 0 Å². The number of hydrogen-bond acceptors (Lipinski definition) is 2. The highest BCUT2D eigenvalue weighted by molar-refractivity contribution is 14.0. The van der Waals surface area contributed by atoms with Crippen LogP contribution in [-0.4, -0.2) is 39.3 Å². The Labute approximate surface area is 110 Å². The number of ether oxygens (including phenoxy) is 1. The molecule has 0 saturated heterocycles. The lowest BCUT2D eigenvalue weighted by molar-refractivity contribution is 0.203. The lowest BCUT2D eigenvalue weighted by atomic mass is 10.2. The molecule has 0 aromatic rings. The van der Waals surface area contributed by atoms with E-state index in [0.717, 1.165) is 25.6 Å². The fraction of sp³-hybridized carbons (Fsp3) is 0.900. The summed E-state index contributed by atoms with van der Waals surface area (Å²) >= 11 is 0. The zero-order valence-electron chi connectivity index (χ0n) is 10.2. The fourth-order valence-corrected chi connectivity index (χ4v) is 0.887.